The molecule has 144 valence electrons. The Morgan fingerprint density at radius 2 is 1.93 bits per heavy atom. The number of hydrogen-bond donors (Lipinski definition) is 1. The van der Waals surface area contributed by atoms with E-state index in [2.05, 4.69) is 11.9 Å². The molecule has 0 aliphatic carbocycles. The van der Waals surface area contributed by atoms with E-state index in [9.17, 15) is 13.2 Å². The van der Waals surface area contributed by atoms with Crippen LogP contribution in [-0.4, -0.2) is 33.2 Å². The lowest BCUT2D eigenvalue weighted by Gasteiger charge is -2.28. The molecule has 1 amide bonds. The van der Waals surface area contributed by atoms with Crippen molar-refractivity contribution < 1.29 is 17.9 Å². The first-order chi connectivity index (χ1) is 12.7. The molecule has 0 aliphatic heterocycles. The highest BCUT2D eigenvalue weighted by atomic mass is 32.2. The molecule has 2 rings (SSSR count). The molecule has 2 aromatic rings. The molecule has 0 fully saturated rings. The van der Waals surface area contributed by atoms with Gasteiger partial charge in [-0.2, -0.15) is 0 Å². The van der Waals surface area contributed by atoms with E-state index in [-0.39, 0.29) is 0 Å². The maximum Gasteiger partial charge on any atom is 0.247 e. The molecule has 7 heteroatoms. The topological polar surface area (TPSA) is 75.7 Å². The number of ether oxygens (including phenoxy) is 1. The number of carbonyl (C=O) groups excluding carboxylic acids is 1. The molecule has 0 heterocycles. The van der Waals surface area contributed by atoms with Gasteiger partial charge in [0.1, 0.15) is 18.4 Å². The molecule has 2 aromatic carbocycles. The lowest BCUT2D eigenvalue weighted by atomic mass is 10.2. The summed E-state index contributed by atoms with van der Waals surface area (Å²) in [4.78, 5) is 12.7. The largest absolute Gasteiger partial charge is 0.489 e. The third-order valence-electron chi connectivity index (χ3n) is 3.85. The Morgan fingerprint density at radius 1 is 1.26 bits per heavy atom. The van der Waals surface area contributed by atoms with Crippen molar-refractivity contribution in [1.29, 1.82) is 0 Å². The lowest BCUT2D eigenvalue weighted by Crippen LogP contribution is -2.45. The van der Waals surface area contributed by atoms with Crippen molar-refractivity contribution in [3.05, 3.63) is 66.7 Å². The fourth-order valence-electron chi connectivity index (χ4n) is 2.57. The van der Waals surface area contributed by atoms with E-state index in [1.54, 1.807) is 61.5 Å². The lowest BCUT2D eigenvalue weighted by molar-refractivity contribution is -0.116. The van der Waals surface area contributed by atoms with Gasteiger partial charge in [-0.05, 0) is 38.1 Å². The second kappa shape index (κ2) is 8.73. The van der Waals surface area contributed by atoms with Gasteiger partial charge in [-0.15, -0.1) is 0 Å². The molecule has 0 unspecified atom stereocenters. The number of sulfonamides is 1. The van der Waals surface area contributed by atoms with Crippen LogP contribution in [0, 0.1) is 6.92 Å². The summed E-state index contributed by atoms with van der Waals surface area (Å²) in [6.45, 7) is 7.40. The summed E-state index contributed by atoms with van der Waals surface area (Å²) in [5, 5.41) is 2.74. The van der Waals surface area contributed by atoms with Crippen LogP contribution in [0.25, 0.3) is 0 Å². The number of nitrogens with zero attached hydrogens (tertiary/aromatic N) is 1. The van der Waals surface area contributed by atoms with Crippen molar-refractivity contribution >= 4 is 27.3 Å². The highest BCUT2D eigenvalue weighted by Crippen LogP contribution is 2.23. The molecule has 1 N–H and O–H groups in total. The highest BCUT2D eigenvalue weighted by Gasteiger charge is 2.29. The van der Waals surface area contributed by atoms with Gasteiger partial charge in [0.2, 0.25) is 15.9 Å². The molecule has 0 bridgehead atoms. The van der Waals surface area contributed by atoms with E-state index in [1.165, 1.54) is 0 Å². The Bertz CT molecular complexity index is 908. The van der Waals surface area contributed by atoms with Crippen molar-refractivity contribution in [3.8, 4) is 5.75 Å². The van der Waals surface area contributed by atoms with Gasteiger partial charge in [0.25, 0.3) is 0 Å². The SMILES string of the molecule is C=CCOc1cccc(NC(=O)[C@H](C)N(c2ccc(C)cc2)S(C)(=O)=O)c1. The number of hydrogen-bond acceptors (Lipinski definition) is 4. The standard InChI is InChI=1S/C20H24N2O4S/c1-5-13-26-19-8-6-7-17(14-19)21-20(23)16(3)22(27(4,24)25)18-11-9-15(2)10-12-18/h5-12,14,16H,1,13H2,2-4H3,(H,21,23)/t16-/m0/s1. The summed E-state index contributed by atoms with van der Waals surface area (Å²) >= 11 is 0. The van der Waals surface area contributed by atoms with Crippen LogP contribution in [-0.2, 0) is 14.8 Å². The van der Waals surface area contributed by atoms with Gasteiger partial charge >= 0.3 is 0 Å². The van der Waals surface area contributed by atoms with Crippen molar-refractivity contribution in [1.82, 2.24) is 0 Å². The molecule has 0 radical (unpaired) electrons. The first kappa shape index (κ1) is 20.5. The van der Waals surface area contributed by atoms with E-state index in [0.717, 1.165) is 16.1 Å². The van der Waals surface area contributed by atoms with Crippen molar-refractivity contribution in [2.45, 2.75) is 19.9 Å². The molecule has 6 nitrogen and oxygen atoms in total. The second-order valence-corrected chi connectivity index (χ2v) is 8.05. The Morgan fingerprint density at radius 3 is 2.52 bits per heavy atom. The molecule has 27 heavy (non-hydrogen) atoms. The Hall–Kier alpha value is -2.80. The predicted octanol–water partition coefficient (Wildman–Crippen LogP) is 3.35. The number of benzene rings is 2. The van der Waals surface area contributed by atoms with Crippen LogP contribution in [0.15, 0.2) is 61.2 Å². The molecule has 0 aromatic heterocycles. The molecular weight excluding hydrogens is 364 g/mol. The van der Waals surface area contributed by atoms with Gasteiger partial charge in [-0.3, -0.25) is 9.10 Å². The van der Waals surface area contributed by atoms with E-state index in [4.69, 9.17) is 4.74 Å². The molecule has 0 aliphatic rings. The molecule has 1 atom stereocenters. The van der Waals surface area contributed by atoms with E-state index in [1.807, 2.05) is 6.92 Å². The van der Waals surface area contributed by atoms with Crippen LogP contribution in [0.3, 0.4) is 0 Å². The number of aryl methyl sites for hydroxylation is 1. The maximum absolute atomic E-state index is 12.7. The van der Waals surface area contributed by atoms with Crippen LogP contribution < -0.4 is 14.4 Å². The van der Waals surface area contributed by atoms with Crippen molar-refractivity contribution in [2.24, 2.45) is 0 Å². The number of anilines is 2. The van der Waals surface area contributed by atoms with E-state index in [0.29, 0.717) is 23.7 Å². The minimum Gasteiger partial charge on any atom is -0.489 e. The van der Waals surface area contributed by atoms with Crippen LogP contribution in [0.4, 0.5) is 11.4 Å². The van der Waals surface area contributed by atoms with E-state index < -0.39 is 22.0 Å². The van der Waals surface area contributed by atoms with Crippen molar-refractivity contribution in [3.63, 3.8) is 0 Å². The number of rotatable bonds is 8. The fraction of sp³-hybridized carbons (Fsp3) is 0.250. The van der Waals surface area contributed by atoms with Gasteiger partial charge in [0.15, 0.2) is 0 Å². The van der Waals surface area contributed by atoms with Gasteiger partial charge in [0.05, 0.1) is 11.9 Å². The van der Waals surface area contributed by atoms with Crippen LogP contribution in [0.5, 0.6) is 5.75 Å². The first-order valence-electron chi connectivity index (χ1n) is 8.43. The van der Waals surface area contributed by atoms with Gasteiger partial charge < -0.3 is 10.1 Å². The summed E-state index contributed by atoms with van der Waals surface area (Å²) < 4.78 is 31.2. The second-order valence-electron chi connectivity index (χ2n) is 6.19. The zero-order chi connectivity index (χ0) is 20.0. The summed E-state index contributed by atoms with van der Waals surface area (Å²) in [6, 6.07) is 12.9. The molecule has 0 spiro atoms. The minimum atomic E-state index is -3.65. The van der Waals surface area contributed by atoms with Crippen LogP contribution >= 0.6 is 0 Å². The highest BCUT2D eigenvalue weighted by molar-refractivity contribution is 7.92. The average molecular weight is 388 g/mol. The summed E-state index contributed by atoms with van der Waals surface area (Å²) in [5.41, 5.74) is 1.96. The van der Waals surface area contributed by atoms with Crippen molar-refractivity contribution in [2.75, 3.05) is 22.5 Å². The number of carbonyl (C=O) groups is 1. The molecule has 0 saturated heterocycles. The summed E-state index contributed by atoms with van der Waals surface area (Å²) in [7, 11) is -3.65. The summed E-state index contributed by atoms with van der Waals surface area (Å²) in [6.07, 6.45) is 2.71. The van der Waals surface area contributed by atoms with Crippen LogP contribution in [0.1, 0.15) is 12.5 Å². The normalized spacial score (nSPS) is 12.1. The van der Waals surface area contributed by atoms with Crippen LogP contribution in [0.2, 0.25) is 0 Å². The molecule has 0 saturated carbocycles. The fourth-order valence-corrected chi connectivity index (χ4v) is 3.74. The number of amides is 1. The smallest absolute Gasteiger partial charge is 0.247 e. The van der Waals surface area contributed by atoms with Gasteiger partial charge in [-0.25, -0.2) is 8.42 Å². The molecular formula is C20H24N2O4S. The Balaban J connectivity index is 2.22. The predicted molar refractivity (Wildman–Crippen MR) is 109 cm³/mol. The average Bonchev–Trinajstić information content (AvgIpc) is 2.61. The summed E-state index contributed by atoms with van der Waals surface area (Å²) in [5.74, 6) is 0.140. The zero-order valence-electron chi connectivity index (χ0n) is 15.7. The van der Waals surface area contributed by atoms with Gasteiger partial charge in [-0.1, -0.05) is 36.4 Å². The first-order valence-corrected chi connectivity index (χ1v) is 10.3. The third-order valence-corrected chi connectivity index (χ3v) is 5.09. The Labute approximate surface area is 160 Å². The Kier molecular flexibility index (Phi) is 6.63. The number of nitrogens with one attached hydrogen (secondary N) is 1. The monoisotopic (exact) mass is 388 g/mol. The maximum atomic E-state index is 12.7. The quantitative estimate of drug-likeness (QED) is 0.704. The minimum absolute atomic E-state index is 0.350. The van der Waals surface area contributed by atoms with Gasteiger partial charge in [0, 0.05) is 11.8 Å². The third kappa shape index (κ3) is 5.59. The zero-order valence-corrected chi connectivity index (χ0v) is 16.5. The van der Waals surface area contributed by atoms with E-state index >= 15 is 0 Å².